The summed E-state index contributed by atoms with van der Waals surface area (Å²) < 4.78 is 0. The molecule has 1 amide bonds. The molecule has 0 saturated carbocycles. The van der Waals surface area contributed by atoms with Crippen molar-refractivity contribution < 1.29 is 4.79 Å². The highest BCUT2D eigenvalue weighted by Crippen LogP contribution is 2.24. The van der Waals surface area contributed by atoms with E-state index in [9.17, 15) is 4.79 Å². The molecular weight excluding hydrogens is 308 g/mol. The van der Waals surface area contributed by atoms with E-state index in [0.717, 1.165) is 22.3 Å². The Labute approximate surface area is 147 Å². The fourth-order valence-corrected chi connectivity index (χ4v) is 2.67. The van der Waals surface area contributed by atoms with Gasteiger partial charge in [-0.15, -0.1) is 0 Å². The molecule has 0 fully saturated rings. The smallest absolute Gasteiger partial charge is 0.251 e. The lowest BCUT2D eigenvalue weighted by Gasteiger charge is -2.10. The van der Waals surface area contributed by atoms with Crippen LogP contribution in [-0.4, -0.2) is 5.91 Å². The standard InChI is InChI=1S/C22H18N2O/c1-16-7-12-20(13-21(16)19-5-3-2-4-6-19)22(25)24-15-18-10-8-17(14-23)9-11-18/h2-13H,15H2,1H3,(H,24,25). The number of nitrogens with one attached hydrogen (secondary N) is 1. The molecule has 3 aromatic rings. The second-order valence-corrected chi connectivity index (χ2v) is 5.89. The highest BCUT2D eigenvalue weighted by atomic mass is 16.1. The van der Waals surface area contributed by atoms with Gasteiger partial charge in [0.05, 0.1) is 11.6 Å². The number of benzene rings is 3. The molecule has 0 atom stereocenters. The molecule has 122 valence electrons. The molecule has 0 spiro atoms. The van der Waals surface area contributed by atoms with Crippen molar-refractivity contribution in [1.82, 2.24) is 5.32 Å². The first-order chi connectivity index (χ1) is 12.2. The summed E-state index contributed by atoms with van der Waals surface area (Å²) in [4.78, 5) is 12.5. The van der Waals surface area contributed by atoms with Crippen LogP contribution in [0.2, 0.25) is 0 Å². The maximum absolute atomic E-state index is 12.5. The van der Waals surface area contributed by atoms with Crippen molar-refractivity contribution in [1.29, 1.82) is 5.26 Å². The van der Waals surface area contributed by atoms with Gasteiger partial charge < -0.3 is 5.32 Å². The molecule has 3 aromatic carbocycles. The highest BCUT2D eigenvalue weighted by molar-refractivity contribution is 5.95. The molecule has 0 saturated heterocycles. The van der Waals surface area contributed by atoms with E-state index >= 15 is 0 Å². The molecule has 0 heterocycles. The number of nitrogens with zero attached hydrogens (tertiary/aromatic N) is 1. The third-order valence-electron chi connectivity index (χ3n) is 4.12. The molecule has 3 heteroatoms. The fourth-order valence-electron chi connectivity index (χ4n) is 2.67. The molecule has 0 unspecified atom stereocenters. The minimum absolute atomic E-state index is 0.110. The Hall–Kier alpha value is -3.38. The quantitative estimate of drug-likeness (QED) is 0.769. The average molecular weight is 326 g/mol. The van der Waals surface area contributed by atoms with Crippen LogP contribution in [0.25, 0.3) is 11.1 Å². The third kappa shape index (κ3) is 3.94. The number of amides is 1. The molecule has 0 radical (unpaired) electrons. The number of carbonyl (C=O) groups is 1. The summed E-state index contributed by atoms with van der Waals surface area (Å²) >= 11 is 0. The Balaban J connectivity index is 1.75. The zero-order valence-electron chi connectivity index (χ0n) is 14.0. The van der Waals surface area contributed by atoms with E-state index < -0.39 is 0 Å². The lowest BCUT2D eigenvalue weighted by Crippen LogP contribution is -2.22. The maximum atomic E-state index is 12.5. The summed E-state index contributed by atoms with van der Waals surface area (Å²) in [5.74, 6) is -0.110. The van der Waals surface area contributed by atoms with E-state index in [4.69, 9.17) is 5.26 Å². The summed E-state index contributed by atoms with van der Waals surface area (Å²) in [5, 5.41) is 11.7. The maximum Gasteiger partial charge on any atom is 0.251 e. The highest BCUT2D eigenvalue weighted by Gasteiger charge is 2.09. The lowest BCUT2D eigenvalue weighted by atomic mass is 9.98. The Morgan fingerprint density at radius 3 is 2.40 bits per heavy atom. The van der Waals surface area contributed by atoms with Crippen molar-refractivity contribution in [3.63, 3.8) is 0 Å². The molecular formula is C22H18N2O. The van der Waals surface area contributed by atoms with Crippen LogP contribution >= 0.6 is 0 Å². The Kier molecular flexibility index (Phi) is 4.92. The van der Waals surface area contributed by atoms with Gasteiger partial charge >= 0.3 is 0 Å². The zero-order chi connectivity index (χ0) is 17.6. The van der Waals surface area contributed by atoms with Crippen LogP contribution in [0.5, 0.6) is 0 Å². The van der Waals surface area contributed by atoms with Crippen LogP contribution < -0.4 is 5.32 Å². The number of hydrogen-bond donors (Lipinski definition) is 1. The second kappa shape index (κ2) is 7.46. The molecule has 3 nitrogen and oxygen atoms in total. The minimum Gasteiger partial charge on any atom is -0.348 e. The first kappa shape index (κ1) is 16.5. The molecule has 0 bridgehead atoms. The normalized spacial score (nSPS) is 10.1. The number of rotatable bonds is 4. The Morgan fingerprint density at radius 1 is 1.00 bits per heavy atom. The first-order valence-corrected chi connectivity index (χ1v) is 8.10. The minimum atomic E-state index is -0.110. The molecule has 25 heavy (non-hydrogen) atoms. The predicted octanol–water partition coefficient (Wildman–Crippen LogP) is 4.46. The zero-order valence-corrected chi connectivity index (χ0v) is 14.0. The van der Waals surface area contributed by atoms with Crippen LogP contribution in [0, 0.1) is 18.3 Å². The van der Waals surface area contributed by atoms with Gasteiger partial charge in [-0.25, -0.2) is 0 Å². The summed E-state index contributed by atoms with van der Waals surface area (Å²) in [6.45, 7) is 2.47. The number of hydrogen-bond acceptors (Lipinski definition) is 2. The molecule has 0 aromatic heterocycles. The third-order valence-corrected chi connectivity index (χ3v) is 4.12. The van der Waals surface area contributed by atoms with Gasteiger partial charge in [-0.3, -0.25) is 4.79 Å². The van der Waals surface area contributed by atoms with Gasteiger partial charge in [0.1, 0.15) is 0 Å². The molecule has 1 N–H and O–H groups in total. The van der Waals surface area contributed by atoms with E-state index in [-0.39, 0.29) is 5.91 Å². The van der Waals surface area contributed by atoms with Gasteiger partial charge in [0.2, 0.25) is 0 Å². The first-order valence-electron chi connectivity index (χ1n) is 8.10. The van der Waals surface area contributed by atoms with Gasteiger partial charge in [0, 0.05) is 12.1 Å². The van der Waals surface area contributed by atoms with Crippen LogP contribution in [0.4, 0.5) is 0 Å². The second-order valence-electron chi connectivity index (χ2n) is 5.89. The van der Waals surface area contributed by atoms with Crippen LogP contribution in [0.1, 0.15) is 27.0 Å². The average Bonchev–Trinajstić information content (AvgIpc) is 2.67. The molecule has 0 aliphatic carbocycles. The van der Waals surface area contributed by atoms with Gasteiger partial charge in [-0.05, 0) is 53.4 Å². The molecule has 0 aliphatic rings. The monoisotopic (exact) mass is 326 g/mol. The summed E-state index contributed by atoms with van der Waals surface area (Å²) in [5.41, 5.74) is 5.50. The Morgan fingerprint density at radius 2 is 1.72 bits per heavy atom. The van der Waals surface area contributed by atoms with Gasteiger partial charge in [-0.2, -0.15) is 5.26 Å². The van der Waals surface area contributed by atoms with E-state index in [1.807, 2.05) is 67.6 Å². The lowest BCUT2D eigenvalue weighted by molar-refractivity contribution is 0.0951. The van der Waals surface area contributed by atoms with E-state index in [1.165, 1.54) is 0 Å². The van der Waals surface area contributed by atoms with Gasteiger partial charge in [0.15, 0.2) is 0 Å². The molecule has 0 aliphatic heterocycles. The van der Waals surface area contributed by atoms with Crippen LogP contribution in [0.3, 0.4) is 0 Å². The SMILES string of the molecule is Cc1ccc(C(=O)NCc2ccc(C#N)cc2)cc1-c1ccccc1. The van der Waals surface area contributed by atoms with Crippen molar-refractivity contribution in [2.75, 3.05) is 0 Å². The summed E-state index contributed by atoms with van der Waals surface area (Å²) in [6, 6.07) is 25.1. The van der Waals surface area contributed by atoms with E-state index in [0.29, 0.717) is 17.7 Å². The topological polar surface area (TPSA) is 52.9 Å². The van der Waals surface area contributed by atoms with Gasteiger partial charge in [-0.1, -0.05) is 48.5 Å². The van der Waals surface area contributed by atoms with Crippen molar-refractivity contribution in [2.24, 2.45) is 0 Å². The van der Waals surface area contributed by atoms with E-state index in [1.54, 1.807) is 12.1 Å². The van der Waals surface area contributed by atoms with Gasteiger partial charge in [0.25, 0.3) is 5.91 Å². The van der Waals surface area contributed by atoms with Crippen molar-refractivity contribution in [3.8, 4) is 17.2 Å². The summed E-state index contributed by atoms with van der Waals surface area (Å²) in [7, 11) is 0. The van der Waals surface area contributed by atoms with Crippen LogP contribution in [-0.2, 0) is 6.54 Å². The number of nitriles is 1. The molecule has 3 rings (SSSR count). The number of carbonyl (C=O) groups excluding carboxylic acids is 1. The number of aryl methyl sites for hydroxylation is 1. The summed E-state index contributed by atoms with van der Waals surface area (Å²) in [6.07, 6.45) is 0. The van der Waals surface area contributed by atoms with Crippen molar-refractivity contribution >= 4 is 5.91 Å². The fraction of sp³-hybridized carbons (Fsp3) is 0.0909. The van der Waals surface area contributed by atoms with Crippen LogP contribution in [0.15, 0.2) is 72.8 Å². The largest absolute Gasteiger partial charge is 0.348 e. The Bertz CT molecular complexity index is 922. The van der Waals surface area contributed by atoms with E-state index in [2.05, 4.69) is 11.4 Å². The predicted molar refractivity (Wildman–Crippen MR) is 98.9 cm³/mol. The van der Waals surface area contributed by atoms with Crippen molar-refractivity contribution in [3.05, 3.63) is 95.1 Å². The van der Waals surface area contributed by atoms with Crippen molar-refractivity contribution in [2.45, 2.75) is 13.5 Å².